The second-order valence-electron chi connectivity index (χ2n) is 4.99. The number of nitrogens with zero attached hydrogens (tertiary/aromatic N) is 1. The van der Waals surface area contributed by atoms with Crippen molar-refractivity contribution in [1.29, 1.82) is 0 Å². The quantitative estimate of drug-likeness (QED) is 0.779. The van der Waals surface area contributed by atoms with Crippen LogP contribution in [-0.2, 0) is 7.05 Å². The smallest absolute Gasteiger partial charge is 0.352 e. The minimum Gasteiger partial charge on any atom is -0.477 e. The molecule has 2 N–H and O–H groups in total. The number of amides is 1. The highest BCUT2D eigenvalue weighted by Crippen LogP contribution is 2.23. The number of carbonyl (C=O) groups excluding carboxylic acids is 1. The topological polar surface area (TPSA) is 71.3 Å². The molecule has 3 aromatic rings. The minimum atomic E-state index is -0.978. The first-order valence-corrected chi connectivity index (χ1v) is 6.75. The lowest BCUT2D eigenvalue weighted by molar-refractivity contribution is 0.0687. The highest BCUT2D eigenvalue weighted by atomic mass is 16.4. The molecule has 0 saturated heterocycles. The molecule has 0 aliphatic carbocycles. The first-order valence-electron chi connectivity index (χ1n) is 6.75. The summed E-state index contributed by atoms with van der Waals surface area (Å²) in [6.45, 7) is 0. The largest absolute Gasteiger partial charge is 0.477 e. The predicted molar refractivity (Wildman–Crippen MR) is 84.3 cm³/mol. The molecule has 0 fully saturated rings. The molecule has 0 radical (unpaired) electrons. The van der Waals surface area contributed by atoms with Gasteiger partial charge in [-0.3, -0.25) is 4.79 Å². The highest BCUT2D eigenvalue weighted by molar-refractivity contribution is 6.05. The van der Waals surface area contributed by atoms with Crippen molar-refractivity contribution in [1.82, 2.24) is 4.57 Å². The molecule has 2 aromatic carbocycles. The summed E-state index contributed by atoms with van der Waals surface area (Å²) in [5, 5.41) is 12.7. The van der Waals surface area contributed by atoms with E-state index in [2.05, 4.69) is 5.32 Å². The van der Waals surface area contributed by atoms with Crippen molar-refractivity contribution in [2.24, 2.45) is 7.05 Å². The average molecular weight is 294 g/mol. The van der Waals surface area contributed by atoms with Gasteiger partial charge >= 0.3 is 5.97 Å². The molecule has 0 bridgehead atoms. The van der Waals surface area contributed by atoms with Gasteiger partial charge in [0.25, 0.3) is 5.91 Å². The summed E-state index contributed by atoms with van der Waals surface area (Å²) in [7, 11) is 1.70. The number of carbonyl (C=O) groups is 2. The summed E-state index contributed by atoms with van der Waals surface area (Å²) >= 11 is 0. The van der Waals surface area contributed by atoms with Gasteiger partial charge in [-0.05, 0) is 36.4 Å². The maximum absolute atomic E-state index is 12.1. The lowest BCUT2D eigenvalue weighted by Gasteiger charge is -2.06. The lowest BCUT2D eigenvalue weighted by atomic mass is 10.2. The van der Waals surface area contributed by atoms with E-state index in [0.29, 0.717) is 11.3 Å². The zero-order valence-corrected chi connectivity index (χ0v) is 11.9. The lowest BCUT2D eigenvalue weighted by Crippen LogP contribution is -2.11. The fourth-order valence-corrected chi connectivity index (χ4v) is 2.43. The van der Waals surface area contributed by atoms with E-state index >= 15 is 0 Å². The average Bonchev–Trinajstić information content (AvgIpc) is 2.85. The van der Waals surface area contributed by atoms with Crippen LogP contribution in [0.15, 0.2) is 54.6 Å². The van der Waals surface area contributed by atoms with Crippen LogP contribution < -0.4 is 5.32 Å². The van der Waals surface area contributed by atoms with E-state index in [1.807, 2.05) is 6.07 Å². The molecule has 5 heteroatoms. The van der Waals surface area contributed by atoms with E-state index in [4.69, 9.17) is 5.11 Å². The van der Waals surface area contributed by atoms with E-state index < -0.39 is 5.97 Å². The number of hydrogen-bond acceptors (Lipinski definition) is 2. The molecule has 0 aliphatic rings. The van der Waals surface area contributed by atoms with Gasteiger partial charge in [0.15, 0.2) is 0 Å². The van der Waals surface area contributed by atoms with Crippen LogP contribution >= 0.6 is 0 Å². The molecule has 110 valence electrons. The molecular formula is C17H14N2O3. The number of hydrogen-bond donors (Lipinski definition) is 2. The zero-order chi connectivity index (χ0) is 15.7. The van der Waals surface area contributed by atoms with Crippen molar-refractivity contribution >= 4 is 28.5 Å². The van der Waals surface area contributed by atoms with Crippen LogP contribution in [0.3, 0.4) is 0 Å². The maximum Gasteiger partial charge on any atom is 0.352 e. The van der Waals surface area contributed by atoms with E-state index in [-0.39, 0.29) is 11.6 Å². The first-order chi connectivity index (χ1) is 10.6. The number of carboxylic acids is 1. The Kier molecular flexibility index (Phi) is 3.39. The van der Waals surface area contributed by atoms with Crippen molar-refractivity contribution < 1.29 is 14.7 Å². The van der Waals surface area contributed by atoms with Gasteiger partial charge in [-0.25, -0.2) is 4.79 Å². The second kappa shape index (κ2) is 5.37. The van der Waals surface area contributed by atoms with Gasteiger partial charge in [0.2, 0.25) is 0 Å². The number of nitrogens with one attached hydrogen (secondary N) is 1. The number of aromatic carboxylic acids is 1. The molecular weight excluding hydrogens is 280 g/mol. The minimum absolute atomic E-state index is 0.200. The Balaban J connectivity index is 1.92. The van der Waals surface area contributed by atoms with Gasteiger partial charge in [0.05, 0.1) is 0 Å². The first kappa shape index (κ1) is 13.9. The third-order valence-electron chi connectivity index (χ3n) is 3.56. The van der Waals surface area contributed by atoms with Gasteiger partial charge < -0.3 is 15.0 Å². The van der Waals surface area contributed by atoms with Gasteiger partial charge in [0, 0.05) is 29.2 Å². The third-order valence-corrected chi connectivity index (χ3v) is 3.56. The van der Waals surface area contributed by atoms with Gasteiger partial charge in [-0.15, -0.1) is 0 Å². The summed E-state index contributed by atoms with van der Waals surface area (Å²) in [5.41, 5.74) is 2.21. The number of fused-ring (bicyclic) bond motifs is 1. The third kappa shape index (κ3) is 2.44. The van der Waals surface area contributed by atoms with Crippen molar-refractivity contribution in [3.63, 3.8) is 0 Å². The molecule has 0 aliphatic heterocycles. The number of benzene rings is 2. The van der Waals surface area contributed by atoms with Crippen molar-refractivity contribution in [2.75, 3.05) is 5.32 Å². The monoisotopic (exact) mass is 294 g/mol. The molecule has 0 spiro atoms. The summed E-state index contributed by atoms with van der Waals surface area (Å²) in [6, 6.07) is 15.8. The molecule has 0 atom stereocenters. The van der Waals surface area contributed by atoms with Crippen LogP contribution in [-0.4, -0.2) is 21.6 Å². The van der Waals surface area contributed by atoms with Crippen molar-refractivity contribution in [3.05, 3.63) is 65.9 Å². The standard InChI is InChI=1S/C17H14N2O3/c1-19-14-8-7-13(9-12(14)10-15(19)17(21)22)18-16(20)11-5-3-2-4-6-11/h2-10H,1H3,(H,18,20)(H,21,22). The highest BCUT2D eigenvalue weighted by Gasteiger charge is 2.13. The molecule has 1 amide bonds. The van der Waals surface area contributed by atoms with Crippen LogP contribution in [0.5, 0.6) is 0 Å². The Morgan fingerprint density at radius 3 is 2.45 bits per heavy atom. The zero-order valence-electron chi connectivity index (χ0n) is 11.9. The summed E-state index contributed by atoms with van der Waals surface area (Å²) in [6.07, 6.45) is 0. The number of aryl methyl sites for hydroxylation is 1. The van der Waals surface area contributed by atoms with Crippen LogP contribution in [0.2, 0.25) is 0 Å². The normalized spacial score (nSPS) is 10.6. The Bertz CT molecular complexity index is 866. The number of carboxylic acid groups (broad SMARTS) is 1. The number of anilines is 1. The molecule has 0 saturated carbocycles. The molecule has 5 nitrogen and oxygen atoms in total. The Morgan fingerprint density at radius 2 is 1.77 bits per heavy atom. The number of aromatic nitrogens is 1. The van der Waals surface area contributed by atoms with Crippen LogP contribution in [0, 0.1) is 0 Å². The Labute approximate surface area is 126 Å². The van der Waals surface area contributed by atoms with Crippen LogP contribution in [0.4, 0.5) is 5.69 Å². The summed E-state index contributed by atoms with van der Waals surface area (Å²) < 4.78 is 1.61. The SMILES string of the molecule is Cn1c(C(=O)O)cc2cc(NC(=O)c3ccccc3)ccc21. The molecule has 22 heavy (non-hydrogen) atoms. The molecule has 3 rings (SSSR count). The molecule has 1 heterocycles. The summed E-state index contributed by atoms with van der Waals surface area (Å²) in [5.74, 6) is -1.18. The van der Waals surface area contributed by atoms with Gasteiger partial charge in [-0.1, -0.05) is 18.2 Å². The van der Waals surface area contributed by atoms with Gasteiger partial charge in [-0.2, -0.15) is 0 Å². The van der Waals surface area contributed by atoms with Crippen LogP contribution in [0.25, 0.3) is 10.9 Å². The van der Waals surface area contributed by atoms with E-state index in [0.717, 1.165) is 10.9 Å². The van der Waals surface area contributed by atoms with Gasteiger partial charge in [0.1, 0.15) is 5.69 Å². The van der Waals surface area contributed by atoms with Crippen molar-refractivity contribution in [3.8, 4) is 0 Å². The Hall–Kier alpha value is -3.08. The number of rotatable bonds is 3. The van der Waals surface area contributed by atoms with E-state index in [1.54, 1.807) is 60.1 Å². The Morgan fingerprint density at radius 1 is 1.05 bits per heavy atom. The van der Waals surface area contributed by atoms with Crippen LogP contribution in [0.1, 0.15) is 20.8 Å². The van der Waals surface area contributed by atoms with E-state index in [1.165, 1.54) is 0 Å². The summed E-state index contributed by atoms with van der Waals surface area (Å²) in [4.78, 5) is 23.3. The fraction of sp³-hybridized carbons (Fsp3) is 0.0588. The molecule has 1 aromatic heterocycles. The molecule has 0 unspecified atom stereocenters. The second-order valence-corrected chi connectivity index (χ2v) is 4.99. The van der Waals surface area contributed by atoms with E-state index in [9.17, 15) is 9.59 Å². The van der Waals surface area contributed by atoms with Crippen molar-refractivity contribution in [2.45, 2.75) is 0 Å². The predicted octanol–water partition coefficient (Wildman–Crippen LogP) is 3.13. The maximum atomic E-state index is 12.1. The fourth-order valence-electron chi connectivity index (χ4n) is 2.43.